The van der Waals surface area contributed by atoms with Crippen LogP contribution < -0.4 is 5.32 Å². The number of anilines is 1. The van der Waals surface area contributed by atoms with Crippen molar-refractivity contribution in [3.63, 3.8) is 0 Å². The van der Waals surface area contributed by atoms with Crippen LogP contribution in [0.3, 0.4) is 0 Å². The Kier molecular flexibility index (Phi) is 7.77. The Morgan fingerprint density at radius 1 is 1.14 bits per heavy atom. The number of esters is 2. The maximum absolute atomic E-state index is 11.7. The van der Waals surface area contributed by atoms with E-state index in [2.05, 4.69) is 10.1 Å². The first-order chi connectivity index (χ1) is 10.6. The molecule has 0 aromatic heterocycles. The minimum Gasteiger partial charge on any atom is -0.463 e. The van der Waals surface area contributed by atoms with Gasteiger partial charge in [0.25, 0.3) is 5.91 Å². The summed E-state index contributed by atoms with van der Waals surface area (Å²) in [5.74, 6) is -1.89. The number of ether oxygens (including phenoxy) is 2. The Bertz CT molecular complexity index is 571. The van der Waals surface area contributed by atoms with E-state index >= 15 is 0 Å². The molecule has 0 radical (unpaired) electrons. The lowest BCUT2D eigenvalue weighted by molar-refractivity contribution is -0.143. The fraction of sp³-hybridized carbons (Fsp3) is 0.267. The van der Waals surface area contributed by atoms with Crippen LogP contribution in [0, 0.1) is 0 Å². The molecule has 118 valence electrons. The van der Waals surface area contributed by atoms with Crippen LogP contribution >= 0.6 is 11.8 Å². The predicted molar refractivity (Wildman–Crippen MR) is 83.6 cm³/mol. The Hall–Kier alpha value is -2.28. The molecule has 1 rings (SSSR count). The van der Waals surface area contributed by atoms with Gasteiger partial charge in [0.2, 0.25) is 0 Å². The molecule has 0 atom stereocenters. The summed E-state index contributed by atoms with van der Waals surface area (Å²) in [6.45, 7) is 1.44. The maximum atomic E-state index is 11.7. The number of benzene rings is 1. The van der Waals surface area contributed by atoms with Crippen molar-refractivity contribution in [1.82, 2.24) is 0 Å². The van der Waals surface area contributed by atoms with Crippen LogP contribution in [-0.4, -0.2) is 37.3 Å². The average Bonchev–Trinajstić information content (AvgIpc) is 2.51. The first-order valence-electron chi connectivity index (χ1n) is 6.51. The number of nitrogens with one attached hydrogen (secondary N) is 1. The van der Waals surface area contributed by atoms with Crippen LogP contribution in [0.15, 0.2) is 41.3 Å². The van der Waals surface area contributed by atoms with Crippen LogP contribution in [0.25, 0.3) is 0 Å². The van der Waals surface area contributed by atoms with E-state index in [0.717, 1.165) is 17.0 Å². The molecule has 0 saturated carbocycles. The van der Waals surface area contributed by atoms with Crippen molar-refractivity contribution in [2.24, 2.45) is 0 Å². The number of para-hydroxylation sites is 1. The number of amides is 1. The first kappa shape index (κ1) is 17.8. The van der Waals surface area contributed by atoms with Gasteiger partial charge in [-0.3, -0.25) is 4.79 Å². The molecular formula is C15H17NO5S. The van der Waals surface area contributed by atoms with Crippen molar-refractivity contribution in [3.05, 3.63) is 36.4 Å². The van der Waals surface area contributed by atoms with Crippen LogP contribution in [0.5, 0.6) is 0 Å². The Labute approximate surface area is 132 Å². The molecule has 0 heterocycles. The van der Waals surface area contributed by atoms with E-state index < -0.39 is 24.5 Å². The molecular weight excluding hydrogens is 306 g/mol. The smallest absolute Gasteiger partial charge is 0.331 e. The topological polar surface area (TPSA) is 81.7 Å². The van der Waals surface area contributed by atoms with Gasteiger partial charge in [-0.25, -0.2) is 9.59 Å². The molecule has 0 bridgehead atoms. The second kappa shape index (κ2) is 9.62. The first-order valence-corrected chi connectivity index (χ1v) is 7.73. The molecule has 0 unspecified atom stereocenters. The van der Waals surface area contributed by atoms with E-state index in [1.165, 1.54) is 11.8 Å². The van der Waals surface area contributed by atoms with E-state index in [0.29, 0.717) is 5.69 Å². The van der Waals surface area contributed by atoms with Gasteiger partial charge >= 0.3 is 11.9 Å². The van der Waals surface area contributed by atoms with Gasteiger partial charge in [0, 0.05) is 17.0 Å². The molecule has 0 aliphatic heterocycles. The van der Waals surface area contributed by atoms with Gasteiger partial charge in [-0.1, -0.05) is 12.1 Å². The van der Waals surface area contributed by atoms with E-state index in [-0.39, 0.29) is 6.61 Å². The SMILES string of the molecule is CCOC(=O)/C=C/C(=O)OCC(=O)Nc1ccccc1SC. The Morgan fingerprint density at radius 3 is 2.41 bits per heavy atom. The summed E-state index contributed by atoms with van der Waals surface area (Å²) in [7, 11) is 0. The monoisotopic (exact) mass is 323 g/mol. The second-order valence-electron chi connectivity index (χ2n) is 3.94. The second-order valence-corrected chi connectivity index (χ2v) is 4.79. The highest BCUT2D eigenvalue weighted by atomic mass is 32.2. The van der Waals surface area contributed by atoms with Gasteiger partial charge in [-0.05, 0) is 25.3 Å². The van der Waals surface area contributed by atoms with Gasteiger partial charge < -0.3 is 14.8 Å². The molecule has 0 spiro atoms. The number of hydrogen-bond acceptors (Lipinski definition) is 6. The standard InChI is InChI=1S/C15H17NO5S/c1-3-20-14(18)8-9-15(19)21-10-13(17)16-11-6-4-5-7-12(11)22-2/h4-9H,3,10H2,1-2H3,(H,16,17)/b9-8+. The van der Waals surface area contributed by atoms with Gasteiger partial charge in [-0.2, -0.15) is 0 Å². The van der Waals surface area contributed by atoms with Crippen molar-refractivity contribution in [2.45, 2.75) is 11.8 Å². The molecule has 6 nitrogen and oxygen atoms in total. The number of carbonyl (C=O) groups is 3. The van der Waals surface area contributed by atoms with Gasteiger partial charge in [-0.15, -0.1) is 11.8 Å². The molecule has 0 aliphatic rings. The highest BCUT2D eigenvalue weighted by Gasteiger charge is 2.08. The van der Waals surface area contributed by atoms with Crippen molar-refractivity contribution in [2.75, 3.05) is 24.8 Å². The minimum absolute atomic E-state index is 0.218. The summed E-state index contributed by atoms with van der Waals surface area (Å²) >= 11 is 1.49. The molecule has 22 heavy (non-hydrogen) atoms. The van der Waals surface area contributed by atoms with Gasteiger partial charge in [0.1, 0.15) is 0 Å². The third kappa shape index (κ3) is 6.45. The van der Waals surface area contributed by atoms with Gasteiger partial charge in [0.15, 0.2) is 6.61 Å². The number of carbonyl (C=O) groups excluding carboxylic acids is 3. The summed E-state index contributed by atoms with van der Waals surface area (Å²) in [4.78, 5) is 34.9. The fourth-order valence-electron chi connectivity index (χ4n) is 1.45. The zero-order chi connectivity index (χ0) is 16.4. The predicted octanol–water partition coefficient (Wildman–Crippen LogP) is 2.01. The number of hydrogen-bond donors (Lipinski definition) is 1. The third-order valence-corrected chi connectivity index (χ3v) is 3.16. The molecule has 0 aliphatic carbocycles. The summed E-state index contributed by atoms with van der Waals surface area (Å²) in [6, 6.07) is 7.28. The molecule has 7 heteroatoms. The molecule has 1 aromatic carbocycles. The van der Waals surface area contributed by atoms with E-state index in [4.69, 9.17) is 4.74 Å². The van der Waals surface area contributed by atoms with Crippen LogP contribution in [0.2, 0.25) is 0 Å². The zero-order valence-electron chi connectivity index (χ0n) is 12.3. The summed E-state index contributed by atoms with van der Waals surface area (Å²) in [5.41, 5.74) is 0.651. The lowest BCUT2D eigenvalue weighted by atomic mass is 10.3. The molecule has 0 saturated heterocycles. The van der Waals surface area contributed by atoms with Crippen molar-refractivity contribution < 1.29 is 23.9 Å². The summed E-state index contributed by atoms with van der Waals surface area (Å²) < 4.78 is 9.33. The molecule has 1 N–H and O–H groups in total. The molecule has 1 aromatic rings. The van der Waals surface area contributed by atoms with Crippen molar-refractivity contribution in [1.29, 1.82) is 0 Å². The van der Waals surface area contributed by atoms with E-state index in [9.17, 15) is 14.4 Å². The highest BCUT2D eigenvalue weighted by molar-refractivity contribution is 7.98. The van der Waals surface area contributed by atoms with Crippen LogP contribution in [0.4, 0.5) is 5.69 Å². The summed E-state index contributed by atoms with van der Waals surface area (Å²) in [5, 5.41) is 2.65. The van der Waals surface area contributed by atoms with Crippen LogP contribution in [-0.2, 0) is 23.9 Å². The van der Waals surface area contributed by atoms with Crippen molar-refractivity contribution >= 4 is 35.3 Å². The normalized spacial score (nSPS) is 10.3. The zero-order valence-corrected chi connectivity index (χ0v) is 13.1. The van der Waals surface area contributed by atoms with E-state index in [1.54, 1.807) is 19.1 Å². The lowest BCUT2D eigenvalue weighted by Gasteiger charge is -2.08. The maximum Gasteiger partial charge on any atom is 0.331 e. The summed E-state index contributed by atoms with van der Waals surface area (Å²) in [6.07, 6.45) is 3.76. The number of thioether (sulfide) groups is 1. The largest absolute Gasteiger partial charge is 0.463 e. The van der Waals surface area contributed by atoms with Gasteiger partial charge in [0.05, 0.1) is 12.3 Å². The average molecular weight is 323 g/mol. The third-order valence-electron chi connectivity index (χ3n) is 2.37. The van der Waals surface area contributed by atoms with Crippen LogP contribution in [0.1, 0.15) is 6.92 Å². The van der Waals surface area contributed by atoms with E-state index in [1.807, 2.05) is 18.4 Å². The Balaban J connectivity index is 2.43. The number of rotatable bonds is 7. The Morgan fingerprint density at radius 2 is 1.77 bits per heavy atom. The minimum atomic E-state index is -0.790. The highest BCUT2D eigenvalue weighted by Crippen LogP contribution is 2.24. The fourth-order valence-corrected chi connectivity index (χ4v) is 2.00. The molecule has 1 amide bonds. The quantitative estimate of drug-likeness (QED) is 0.469. The lowest BCUT2D eigenvalue weighted by Crippen LogP contribution is -2.20. The molecule has 0 fully saturated rings. The van der Waals surface area contributed by atoms with Crippen molar-refractivity contribution in [3.8, 4) is 0 Å².